The SMILES string of the molecule is CC(=O)c1oc(=O)sc1C. The second-order valence-electron chi connectivity index (χ2n) is 1.90. The summed E-state index contributed by atoms with van der Waals surface area (Å²) in [5, 5.41) is 0. The summed E-state index contributed by atoms with van der Waals surface area (Å²) in [6.07, 6.45) is 0. The predicted molar refractivity (Wildman–Crippen MR) is 37.6 cm³/mol. The van der Waals surface area contributed by atoms with Crippen molar-refractivity contribution in [3.05, 3.63) is 20.4 Å². The molecule has 1 aromatic rings. The molecule has 0 bridgehead atoms. The van der Waals surface area contributed by atoms with Gasteiger partial charge < -0.3 is 4.42 Å². The van der Waals surface area contributed by atoms with Crippen LogP contribution in [0, 0.1) is 6.92 Å². The molecule has 54 valence electrons. The van der Waals surface area contributed by atoms with Crippen LogP contribution in [0.25, 0.3) is 0 Å². The Hall–Kier alpha value is -0.900. The van der Waals surface area contributed by atoms with Gasteiger partial charge in [0.15, 0.2) is 11.5 Å². The molecule has 0 aliphatic heterocycles. The number of rotatable bonds is 1. The summed E-state index contributed by atoms with van der Waals surface area (Å²) in [6, 6.07) is 0. The smallest absolute Gasteiger partial charge is 0.395 e. The maximum Gasteiger partial charge on any atom is 0.395 e. The van der Waals surface area contributed by atoms with Crippen LogP contribution in [0.4, 0.5) is 0 Å². The lowest BCUT2D eigenvalue weighted by Gasteiger charge is -1.84. The highest BCUT2D eigenvalue weighted by Gasteiger charge is 2.09. The average molecular weight is 158 g/mol. The van der Waals surface area contributed by atoms with E-state index in [1.54, 1.807) is 6.92 Å². The lowest BCUT2D eigenvalue weighted by molar-refractivity contribution is 0.0984. The Kier molecular flexibility index (Phi) is 1.72. The first-order chi connectivity index (χ1) is 4.61. The fourth-order valence-corrected chi connectivity index (χ4v) is 1.32. The van der Waals surface area contributed by atoms with Crippen LogP contribution in [0.3, 0.4) is 0 Å². The topological polar surface area (TPSA) is 47.3 Å². The number of carbonyl (C=O) groups excluding carboxylic acids is 1. The fourth-order valence-electron chi connectivity index (χ4n) is 0.667. The van der Waals surface area contributed by atoms with Gasteiger partial charge in [-0.3, -0.25) is 4.79 Å². The van der Waals surface area contributed by atoms with Gasteiger partial charge in [0.25, 0.3) is 0 Å². The molecular formula is C6H6O3S. The Labute approximate surface area is 61.3 Å². The molecule has 0 aromatic carbocycles. The van der Waals surface area contributed by atoms with E-state index in [2.05, 4.69) is 4.42 Å². The third-order valence-electron chi connectivity index (χ3n) is 1.06. The van der Waals surface area contributed by atoms with Gasteiger partial charge in [0, 0.05) is 6.92 Å². The molecule has 0 radical (unpaired) electrons. The van der Waals surface area contributed by atoms with Crippen LogP contribution in [0.1, 0.15) is 22.4 Å². The van der Waals surface area contributed by atoms with Crippen LogP contribution in [-0.2, 0) is 0 Å². The minimum Gasteiger partial charge on any atom is -0.411 e. The predicted octanol–water partition coefficient (Wildman–Crippen LogP) is 1.21. The van der Waals surface area contributed by atoms with E-state index in [0.717, 1.165) is 11.3 Å². The molecule has 1 rings (SSSR count). The maximum absolute atomic E-state index is 10.7. The summed E-state index contributed by atoms with van der Waals surface area (Å²) in [4.78, 5) is 21.4. The number of hydrogen-bond acceptors (Lipinski definition) is 4. The molecule has 1 aromatic heterocycles. The van der Waals surface area contributed by atoms with Crippen molar-refractivity contribution in [2.75, 3.05) is 0 Å². The van der Waals surface area contributed by atoms with Crippen molar-refractivity contribution < 1.29 is 9.21 Å². The molecule has 0 saturated heterocycles. The van der Waals surface area contributed by atoms with Crippen molar-refractivity contribution in [3.8, 4) is 0 Å². The summed E-state index contributed by atoms with van der Waals surface area (Å²) < 4.78 is 4.59. The van der Waals surface area contributed by atoms with Crippen LogP contribution < -0.4 is 4.94 Å². The van der Waals surface area contributed by atoms with Crippen molar-refractivity contribution in [1.82, 2.24) is 0 Å². The molecule has 0 unspecified atom stereocenters. The fraction of sp³-hybridized carbons (Fsp3) is 0.333. The Morgan fingerprint density at radius 3 is 2.40 bits per heavy atom. The van der Waals surface area contributed by atoms with Gasteiger partial charge in [-0.1, -0.05) is 11.3 Å². The average Bonchev–Trinajstić information content (AvgIpc) is 2.10. The van der Waals surface area contributed by atoms with Crippen molar-refractivity contribution in [3.63, 3.8) is 0 Å². The second kappa shape index (κ2) is 2.38. The van der Waals surface area contributed by atoms with E-state index in [1.165, 1.54) is 6.92 Å². The summed E-state index contributed by atoms with van der Waals surface area (Å²) >= 11 is 0.954. The first-order valence-corrected chi connectivity index (χ1v) is 3.54. The Morgan fingerprint density at radius 2 is 2.20 bits per heavy atom. The van der Waals surface area contributed by atoms with Crippen LogP contribution in [0.5, 0.6) is 0 Å². The molecule has 0 aliphatic rings. The molecule has 0 fully saturated rings. The zero-order valence-electron chi connectivity index (χ0n) is 5.63. The molecule has 0 N–H and O–H groups in total. The van der Waals surface area contributed by atoms with Crippen LogP contribution in [0.15, 0.2) is 9.21 Å². The molecule has 0 amide bonds. The highest BCUT2D eigenvalue weighted by Crippen LogP contribution is 2.09. The largest absolute Gasteiger partial charge is 0.411 e. The van der Waals surface area contributed by atoms with Crippen molar-refractivity contribution >= 4 is 17.1 Å². The molecule has 1 heterocycles. The van der Waals surface area contributed by atoms with E-state index in [9.17, 15) is 9.59 Å². The molecule has 3 nitrogen and oxygen atoms in total. The van der Waals surface area contributed by atoms with E-state index in [0.29, 0.717) is 4.88 Å². The van der Waals surface area contributed by atoms with E-state index >= 15 is 0 Å². The van der Waals surface area contributed by atoms with Gasteiger partial charge in [-0.15, -0.1) is 0 Å². The quantitative estimate of drug-likeness (QED) is 0.577. The highest BCUT2D eigenvalue weighted by molar-refractivity contribution is 7.09. The number of ketones is 1. The third kappa shape index (κ3) is 1.16. The number of Topliss-reactive ketones (excluding diaryl/α,β-unsaturated/α-hetero) is 1. The van der Waals surface area contributed by atoms with Crippen LogP contribution in [0.2, 0.25) is 0 Å². The van der Waals surface area contributed by atoms with Crippen molar-refractivity contribution in [2.24, 2.45) is 0 Å². The lowest BCUT2D eigenvalue weighted by Crippen LogP contribution is -1.92. The highest BCUT2D eigenvalue weighted by atomic mass is 32.1. The number of carbonyl (C=O) groups is 1. The first-order valence-electron chi connectivity index (χ1n) is 2.72. The van der Waals surface area contributed by atoms with Gasteiger partial charge in [-0.25, -0.2) is 4.79 Å². The minimum atomic E-state index is -0.414. The molecule has 0 saturated carbocycles. The normalized spacial score (nSPS) is 9.80. The molecular weight excluding hydrogens is 152 g/mol. The number of aryl methyl sites for hydroxylation is 1. The Bertz CT molecular complexity index is 307. The molecule has 10 heavy (non-hydrogen) atoms. The number of hydrogen-bond donors (Lipinski definition) is 0. The summed E-state index contributed by atoms with van der Waals surface area (Å²) in [5.74, 6) is -0.00847. The molecule has 0 aliphatic carbocycles. The van der Waals surface area contributed by atoms with Crippen LogP contribution in [-0.4, -0.2) is 5.78 Å². The molecule has 0 spiro atoms. The zero-order valence-corrected chi connectivity index (χ0v) is 6.45. The first kappa shape index (κ1) is 7.21. The second-order valence-corrected chi connectivity index (χ2v) is 3.05. The van der Waals surface area contributed by atoms with Gasteiger partial charge in [-0.2, -0.15) is 0 Å². The standard InChI is InChI=1S/C6H6O3S/c1-3(7)5-4(2)10-6(8)9-5/h1-2H3. The zero-order chi connectivity index (χ0) is 7.72. The molecule has 0 atom stereocenters. The maximum atomic E-state index is 10.7. The lowest BCUT2D eigenvalue weighted by atomic mass is 10.3. The van der Waals surface area contributed by atoms with E-state index in [-0.39, 0.29) is 11.5 Å². The monoisotopic (exact) mass is 158 g/mol. The van der Waals surface area contributed by atoms with E-state index < -0.39 is 4.94 Å². The Balaban J connectivity index is 3.28. The van der Waals surface area contributed by atoms with Gasteiger partial charge in [0.05, 0.1) is 4.88 Å². The van der Waals surface area contributed by atoms with Gasteiger partial charge in [0.2, 0.25) is 0 Å². The van der Waals surface area contributed by atoms with E-state index in [1.807, 2.05) is 0 Å². The van der Waals surface area contributed by atoms with Gasteiger partial charge in [0.1, 0.15) is 0 Å². The van der Waals surface area contributed by atoms with Gasteiger partial charge in [-0.05, 0) is 6.92 Å². The third-order valence-corrected chi connectivity index (χ3v) is 1.80. The molecule has 4 heteroatoms. The summed E-state index contributed by atoms with van der Waals surface area (Å²) in [6.45, 7) is 3.06. The minimum absolute atomic E-state index is 0.190. The van der Waals surface area contributed by atoms with Gasteiger partial charge >= 0.3 is 4.94 Å². The summed E-state index contributed by atoms with van der Waals surface area (Å²) in [5.41, 5.74) is 0. The van der Waals surface area contributed by atoms with Crippen molar-refractivity contribution in [2.45, 2.75) is 13.8 Å². The Morgan fingerprint density at radius 1 is 1.60 bits per heavy atom. The van der Waals surface area contributed by atoms with Crippen molar-refractivity contribution in [1.29, 1.82) is 0 Å². The van der Waals surface area contributed by atoms with Crippen LogP contribution >= 0.6 is 11.3 Å². The summed E-state index contributed by atoms with van der Waals surface area (Å²) in [7, 11) is 0. The van der Waals surface area contributed by atoms with E-state index in [4.69, 9.17) is 0 Å².